The lowest BCUT2D eigenvalue weighted by Gasteiger charge is -2.19. The van der Waals surface area contributed by atoms with E-state index in [2.05, 4.69) is 0 Å². The predicted octanol–water partition coefficient (Wildman–Crippen LogP) is 2.74. The highest BCUT2D eigenvalue weighted by Crippen LogP contribution is 2.31. The van der Waals surface area contributed by atoms with Crippen LogP contribution in [0.15, 0.2) is 18.2 Å². The standard InChI is InChI=1S/C13H17FO2/c1-8-3-5-11(14)10(7-8)13(15)12-6-4-9(2)16-12/h3,5,7,9,12-13,15H,4,6H2,1-2H3. The Morgan fingerprint density at radius 2 is 2.19 bits per heavy atom. The third kappa shape index (κ3) is 2.25. The Bertz CT molecular complexity index is 378. The Hall–Kier alpha value is -0.930. The van der Waals surface area contributed by atoms with Gasteiger partial charge in [0.1, 0.15) is 11.9 Å². The number of ether oxygens (including phenoxy) is 1. The molecule has 1 N–H and O–H groups in total. The summed E-state index contributed by atoms with van der Waals surface area (Å²) in [5.41, 5.74) is 1.29. The van der Waals surface area contributed by atoms with Crippen molar-refractivity contribution in [2.45, 2.75) is 45.0 Å². The second-order valence-corrected chi connectivity index (χ2v) is 4.53. The molecule has 1 heterocycles. The van der Waals surface area contributed by atoms with Crippen LogP contribution in [0.3, 0.4) is 0 Å². The molecule has 0 aromatic heterocycles. The van der Waals surface area contributed by atoms with Gasteiger partial charge in [-0.2, -0.15) is 0 Å². The molecule has 1 fully saturated rings. The van der Waals surface area contributed by atoms with E-state index in [9.17, 15) is 9.50 Å². The van der Waals surface area contributed by atoms with Gasteiger partial charge in [-0.25, -0.2) is 4.39 Å². The first-order chi connectivity index (χ1) is 7.58. The average Bonchev–Trinajstić information content (AvgIpc) is 2.67. The van der Waals surface area contributed by atoms with Crippen molar-refractivity contribution in [2.24, 2.45) is 0 Å². The molecule has 1 saturated heterocycles. The summed E-state index contributed by atoms with van der Waals surface area (Å²) in [6.45, 7) is 3.85. The van der Waals surface area contributed by atoms with Crippen molar-refractivity contribution >= 4 is 0 Å². The van der Waals surface area contributed by atoms with Crippen LogP contribution in [0.5, 0.6) is 0 Å². The molecule has 88 valence electrons. The number of benzene rings is 1. The third-order valence-corrected chi connectivity index (χ3v) is 3.09. The van der Waals surface area contributed by atoms with Crippen LogP contribution in [0.25, 0.3) is 0 Å². The summed E-state index contributed by atoms with van der Waals surface area (Å²) in [5.74, 6) is -0.360. The van der Waals surface area contributed by atoms with Crippen LogP contribution in [0.4, 0.5) is 4.39 Å². The molecular weight excluding hydrogens is 207 g/mol. The Labute approximate surface area is 95.1 Å². The molecule has 1 aromatic rings. The first-order valence-electron chi connectivity index (χ1n) is 5.67. The van der Waals surface area contributed by atoms with E-state index in [0.29, 0.717) is 5.56 Å². The monoisotopic (exact) mass is 224 g/mol. The van der Waals surface area contributed by atoms with Crippen LogP contribution in [0.2, 0.25) is 0 Å². The summed E-state index contributed by atoms with van der Waals surface area (Å²) in [6.07, 6.45) is 0.744. The Morgan fingerprint density at radius 1 is 1.44 bits per heavy atom. The molecule has 0 saturated carbocycles. The molecule has 16 heavy (non-hydrogen) atoms. The van der Waals surface area contributed by atoms with Crippen LogP contribution in [-0.2, 0) is 4.74 Å². The fourth-order valence-corrected chi connectivity index (χ4v) is 2.16. The number of hydrogen-bond donors (Lipinski definition) is 1. The highest BCUT2D eigenvalue weighted by molar-refractivity contribution is 5.26. The zero-order valence-corrected chi connectivity index (χ0v) is 9.61. The SMILES string of the molecule is Cc1ccc(F)c(C(O)C2CCC(C)O2)c1. The first-order valence-corrected chi connectivity index (χ1v) is 5.67. The van der Waals surface area contributed by atoms with E-state index in [1.165, 1.54) is 6.07 Å². The summed E-state index contributed by atoms with van der Waals surface area (Å²) in [4.78, 5) is 0. The fraction of sp³-hybridized carbons (Fsp3) is 0.538. The van der Waals surface area contributed by atoms with Crippen LogP contribution in [0.1, 0.15) is 37.0 Å². The topological polar surface area (TPSA) is 29.5 Å². The van der Waals surface area contributed by atoms with E-state index in [0.717, 1.165) is 18.4 Å². The molecule has 0 amide bonds. The van der Waals surface area contributed by atoms with Crippen molar-refractivity contribution in [3.05, 3.63) is 35.1 Å². The minimum atomic E-state index is -0.857. The van der Waals surface area contributed by atoms with Crippen molar-refractivity contribution in [2.75, 3.05) is 0 Å². The van der Waals surface area contributed by atoms with Gasteiger partial charge >= 0.3 is 0 Å². The largest absolute Gasteiger partial charge is 0.386 e. The predicted molar refractivity (Wildman–Crippen MR) is 59.7 cm³/mol. The summed E-state index contributed by atoms with van der Waals surface area (Å²) >= 11 is 0. The first kappa shape index (κ1) is 11.6. The van der Waals surface area contributed by atoms with Crippen LogP contribution in [-0.4, -0.2) is 17.3 Å². The minimum absolute atomic E-state index is 0.160. The Kier molecular flexibility index (Phi) is 3.26. The van der Waals surface area contributed by atoms with Crippen LogP contribution in [0, 0.1) is 12.7 Å². The van der Waals surface area contributed by atoms with Crippen LogP contribution < -0.4 is 0 Å². The molecule has 0 spiro atoms. The number of hydrogen-bond acceptors (Lipinski definition) is 2. The average molecular weight is 224 g/mol. The molecule has 1 aromatic carbocycles. The Balaban J connectivity index is 2.20. The van der Waals surface area contributed by atoms with E-state index < -0.39 is 6.10 Å². The lowest BCUT2D eigenvalue weighted by atomic mass is 10.00. The molecule has 0 radical (unpaired) electrons. The molecule has 1 aliphatic heterocycles. The third-order valence-electron chi connectivity index (χ3n) is 3.09. The maximum atomic E-state index is 13.6. The van der Waals surface area contributed by atoms with Gasteiger partial charge in [0.25, 0.3) is 0 Å². The second-order valence-electron chi connectivity index (χ2n) is 4.53. The highest BCUT2D eigenvalue weighted by atomic mass is 19.1. The second kappa shape index (κ2) is 4.52. The number of rotatable bonds is 2. The Morgan fingerprint density at radius 3 is 2.81 bits per heavy atom. The van der Waals surface area contributed by atoms with E-state index >= 15 is 0 Å². The van der Waals surface area contributed by atoms with E-state index in [-0.39, 0.29) is 18.0 Å². The fourth-order valence-electron chi connectivity index (χ4n) is 2.16. The smallest absolute Gasteiger partial charge is 0.129 e. The van der Waals surface area contributed by atoms with Crippen LogP contribution >= 0.6 is 0 Å². The molecule has 3 heteroatoms. The van der Waals surface area contributed by atoms with Gasteiger partial charge in [0.2, 0.25) is 0 Å². The molecule has 0 bridgehead atoms. The number of halogens is 1. The van der Waals surface area contributed by atoms with Crippen molar-refractivity contribution in [1.29, 1.82) is 0 Å². The number of aryl methyl sites for hydroxylation is 1. The van der Waals surface area contributed by atoms with Gasteiger partial charge in [-0.15, -0.1) is 0 Å². The maximum Gasteiger partial charge on any atom is 0.129 e. The zero-order chi connectivity index (χ0) is 11.7. The quantitative estimate of drug-likeness (QED) is 0.837. The molecule has 0 aliphatic carbocycles. The summed E-state index contributed by atoms with van der Waals surface area (Å²) in [7, 11) is 0. The summed E-state index contributed by atoms with van der Waals surface area (Å²) in [5, 5.41) is 10.1. The molecule has 2 nitrogen and oxygen atoms in total. The molecule has 1 aliphatic rings. The lowest BCUT2D eigenvalue weighted by Crippen LogP contribution is -2.19. The van der Waals surface area contributed by atoms with Gasteiger partial charge in [-0.3, -0.25) is 0 Å². The van der Waals surface area contributed by atoms with E-state index in [4.69, 9.17) is 4.74 Å². The van der Waals surface area contributed by atoms with Crippen molar-refractivity contribution < 1.29 is 14.2 Å². The zero-order valence-electron chi connectivity index (χ0n) is 9.61. The van der Waals surface area contributed by atoms with Gasteiger partial charge in [-0.05, 0) is 32.8 Å². The highest BCUT2D eigenvalue weighted by Gasteiger charge is 2.30. The van der Waals surface area contributed by atoms with Gasteiger partial charge in [0, 0.05) is 5.56 Å². The number of aliphatic hydroxyl groups is 1. The molecule has 3 atom stereocenters. The van der Waals surface area contributed by atoms with Crippen molar-refractivity contribution in [3.8, 4) is 0 Å². The van der Waals surface area contributed by atoms with Gasteiger partial charge in [-0.1, -0.05) is 17.7 Å². The van der Waals surface area contributed by atoms with Gasteiger partial charge in [0.05, 0.1) is 12.2 Å². The summed E-state index contributed by atoms with van der Waals surface area (Å²) in [6, 6.07) is 4.78. The minimum Gasteiger partial charge on any atom is -0.386 e. The maximum absolute atomic E-state index is 13.6. The molecular formula is C13H17FO2. The van der Waals surface area contributed by atoms with Crippen molar-refractivity contribution in [1.82, 2.24) is 0 Å². The molecule has 2 rings (SSSR count). The number of aliphatic hydroxyl groups excluding tert-OH is 1. The normalized spacial score (nSPS) is 27.0. The van der Waals surface area contributed by atoms with Gasteiger partial charge < -0.3 is 9.84 Å². The molecule has 3 unspecified atom stereocenters. The van der Waals surface area contributed by atoms with Crippen molar-refractivity contribution in [3.63, 3.8) is 0 Å². The van der Waals surface area contributed by atoms with E-state index in [1.54, 1.807) is 12.1 Å². The van der Waals surface area contributed by atoms with Gasteiger partial charge in [0.15, 0.2) is 0 Å². The lowest BCUT2D eigenvalue weighted by molar-refractivity contribution is -0.0310. The summed E-state index contributed by atoms with van der Waals surface area (Å²) < 4.78 is 19.1. The van der Waals surface area contributed by atoms with E-state index in [1.807, 2.05) is 13.8 Å².